The predicted octanol–water partition coefficient (Wildman–Crippen LogP) is 3.48. The largest absolute Gasteiger partial charge is 0.477 e. The van der Waals surface area contributed by atoms with E-state index < -0.39 is 17.9 Å². The number of fused-ring (bicyclic) bond motifs is 1. The lowest BCUT2D eigenvalue weighted by atomic mass is 10.0. The maximum atomic E-state index is 12.7. The number of carbonyl (C=O) groups excluding carboxylic acids is 1. The Morgan fingerprint density at radius 1 is 1.14 bits per heavy atom. The van der Waals surface area contributed by atoms with Gasteiger partial charge in [-0.25, -0.2) is 9.48 Å². The van der Waals surface area contributed by atoms with Crippen molar-refractivity contribution in [1.82, 2.24) is 15.0 Å². The van der Waals surface area contributed by atoms with Gasteiger partial charge in [-0.3, -0.25) is 4.79 Å². The van der Waals surface area contributed by atoms with Gasteiger partial charge in [-0.2, -0.15) is 0 Å². The highest BCUT2D eigenvalue weighted by atomic mass is 35.5. The number of aromatic nitrogens is 3. The van der Waals surface area contributed by atoms with Gasteiger partial charge in [0.2, 0.25) is 0 Å². The number of halogens is 1. The summed E-state index contributed by atoms with van der Waals surface area (Å²) in [5.41, 5.74) is 2.35. The molecule has 1 atom stereocenters. The van der Waals surface area contributed by atoms with Crippen LogP contribution in [-0.4, -0.2) is 32.0 Å². The lowest BCUT2D eigenvalue weighted by Gasteiger charge is -2.23. The first-order valence-corrected chi connectivity index (χ1v) is 9.11. The molecule has 0 spiro atoms. The van der Waals surface area contributed by atoms with Crippen molar-refractivity contribution >= 4 is 35.0 Å². The summed E-state index contributed by atoms with van der Waals surface area (Å²) < 4.78 is 1.47. The summed E-state index contributed by atoms with van der Waals surface area (Å²) >= 11 is 5.95. The van der Waals surface area contributed by atoms with Crippen molar-refractivity contribution in [2.24, 2.45) is 0 Å². The van der Waals surface area contributed by atoms with Crippen molar-refractivity contribution < 1.29 is 14.7 Å². The molecular weight excluding hydrogens is 394 g/mol. The fourth-order valence-electron chi connectivity index (χ4n) is 3.00. The van der Waals surface area contributed by atoms with Crippen LogP contribution < -0.4 is 10.6 Å². The zero-order valence-electron chi connectivity index (χ0n) is 15.3. The molecule has 8 nitrogen and oxygen atoms in total. The van der Waals surface area contributed by atoms with E-state index in [1.165, 1.54) is 10.8 Å². The Morgan fingerprint density at radius 2 is 1.83 bits per heavy atom. The second-order valence-electron chi connectivity index (χ2n) is 6.56. The number of carboxylic acids is 1. The molecule has 3 aromatic rings. The van der Waals surface area contributed by atoms with Crippen molar-refractivity contribution in [3.8, 4) is 0 Å². The Morgan fingerprint density at radius 3 is 2.48 bits per heavy atom. The van der Waals surface area contributed by atoms with Crippen LogP contribution in [0, 0.1) is 6.92 Å². The van der Waals surface area contributed by atoms with Gasteiger partial charge in [-0.05, 0) is 42.8 Å². The zero-order chi connectivity index (χ0) is 20.5. The molecule has 0 saturated heterocycles. The molecule has 9 heteroatoms. The van der Waals surface area contributed by atoms with Gasteiger partial charge < -0.3 is 15.7 Å². The summed E-state index contributed by atoms with van der Waals surface area (Å²) in [5.74, 6) is -1.44. The van der Waals surface area contributed by atoms with E-state index in [0.717, 1.165) is 11.1 Å². The number of rotatable bonds is 4. The number of carbonyl (C=O) groups is 2. The quantitative estimate of drug-likeness (QED) is 0.608. The maximum Gasteiger partial charge on any atom is 0.352 e. The summed E-state index contributed by atoms with van der Waals surface area (Å²) in [7, 11) is 0. The lowest BCUT2D eigenvalue weighted by Crippen LogP contribution is -2.25. The van der Waals surface area contributed by atoms with Crippen molar-refractivity contribution in [2.75, 3.05) is 10.6 Å². The van der Waals surface area contributed by atoms with Crippen LogP contribution in [0.5, 0.6) is 0 Å². The molecule has 2 aromatic carbocycles. The molecular formula is C20H16ClN5O3. The van der Waals surface area contributed by atoms with Crippen molar-refractivity contribution in [2.45, 2.75) is 13.0 Å². The number of aliphatic carboxylic acids is 1. The molecule has 0 saturated carbocycles. The van der Waals surface area contributed by atoms with Crippen LogP contribution in [-0.2, 0) is 4.79 Å². The minimum Gasteiger partial charge on any atom is -0.477 e. The van der Waals surface area contributed by atoms with Crippen LogP contribution in [0.3, 0.4) is 0 Å². The number of allylic oxidation sites excluding steroid dienone is 1. The van der Waals surface area contributed by atoms with E-state index >= 15 is 0 Å². The third kappa shape index (κ3) is 3.70. The molecule has 1 unspecified atom stereocenters. The number of benzene rings is 2. The van der Waals surface area contributed by atoms with Gasteiger partial charge in [0, 0.05) is 10.7 Å². The van der Waals surface area contributed by atoms with Gasteiger partial charge in [0.05, 0.1) is 0 Å². The molecule has 1 aromatic heterocycles. The monoisotopic (exact) mass is 409 g/mol. The molecule has 0 radical (unpaired) electrons. The Bertz CT molecular complexity index is 1120. The molecule has 0 bridgehead atoms. The number of nitrogens with one attached hydrogen (secondary N) is 2. The van der Waals surface area contributed by atoms with Gasteiger partial charge >= 0.3 is 5.97 Å². The number of hydrogen-bond acceptors (Lipinski definition) is 5. The summed E-state index contributed by atoms with van der Waals surface area (Å²) in [6.45, 7) is 1.95. The zero-order valence-corrected chi connectivity index (χ0v) is 16.0. The number of aryl methyl sites for hydroxylation is 1. The van der Waals surface area contributed by atoms with Gasteiger partial charge in [-0.15, -0.1) is 5.10 Å². The highest BCUT2D eigenvalue weighted by molar-refractivity contribution is 6.30. The Balaban J connectivity index is 1.70. The lowest BCUT2D eigenvalue weighted by molar-refractivity contribution is -0.132. The van der Waals surface area contributed by atoms with E-state index in [-0.39, 0.29) is 17.2 Å². The van der Waals surface area contributed by atoms with E-state index in [1.807, 2.05) is 19.1 Å². The second kappa shape index (κ2) is 7.40. The third-order valence-electron chi connectivity index (χ3n) is 4.50. The van der Waals surface area contributed by atoms with Gasteiger partial charge in [0.1, 0.15) is 11.7 Å². The van der Waals surface area contributed by atoms with Crippen LogP contribution in [0.2, 0.25) is 5.02 Å². The number of carboxylic acid groups (broad SMARTS) is 1. The van der Waals surface area contributed by atoms with Crippen molar-refractivity contribution in [3.63, 3.8) is 0 Å². The number of anilines is 2. The summed E-state index contributed by atoms with van der Waals surface area (Å²) in [6.07, 6.45) is 1.51. The second-order valence-corrected chi connectivity index (χ2v) is 6.99. The third-order valence-corrected chi connectivity index (χ3v) is 4.75. The minimum atomic E-state index is -1.15. The van der Waals surface area contributed by atoms with Crippen molar-refractivity contribution in [1.29, 1.82) is 0 Å². The Hall–Kier alpha value is -3.65. The first-order valence-electron chi connectivity index (χ1n) is 8.73. The number of nitrogens with zero attached hydrogens (tertiary/aromatic N) is 3. The van der Waals surface area contributed by atoms with Crippen LogP contribution in [0.4, 0.5) is 11.5 Å². The molecule has 146 valence electrons. The van der Waals surface area contributed by atoms with E-state index in [4.69, 9.17) is 11.6 Å². The van der Waals surface area contributed by atoms with Crippen LogP contribution in [0.25, 0.3) is 0 Å². The molecule has 2 heterocycles. The molecule has 1 aliphatic rings. The normalized spacial score (nSPS) is 15.1. The SMILES string of the molecule is Cc1ccc(NC(=O)c2nnn3c2NC(C(=O)O)=CC3c2ccc(Cl)cc2)cc1. The molecule has 4 rings (SSSR count). The van der Waals surface area contributed by atoms with Crippen LogP contribution >= 0.6 is 11.6 Å². The first-order chi connectivity index (χ1) is 13.9. The molecule has 29 heavy (non-hydrogen) atoms. The highest BCUT2D eigenvalue weighted by Gasteiger charge is 2.30. The van der Waals surface area contributed by atoms with E-state index in [1.54, 1.807) is 36.4 Å². The summed E-state index contributed by atoms with van der Waals surface area (Å²) in [4.78, 5) is 24.4. The maximum absolute atomic E-state index is 12.7. The summed E-state index contributed by atoms with van der Waals surface area (Å²) in [6, 6.07) is 13.7. The van der Waals surface area contributed by atoms with E-state index in [2.05, 4.69) is 20.9 Å². The number of hydrogen-bond donors (Lipinski definition) is 3. The van der Waals surface area contributed by atoms with Crippen LogP contribution in [0.1, 0.15) is 27.7 Å². The van der Waals surface area contributed by atoms with Crippen LogP contribution in [0.15, 0.2) is 60.3 Å². The molecule has 3 N–H and O–H groups in total. The van der Waals surface area contributed by atoms with E-state index in [9.17, 15) is 14.7 Å². The Labute approximate surface area is 170 Å². The smallest absolute Gasteiger partial charge is 0.352 e. The standard InChI is InChI=1S/C20H16ClN5O3/c1-11-2-8-14(9-3-11)22-19(27)17-18-23-15(20(28)29)10-16(26(18)25-24-17)12-4-6-13(21)7-5-12/h2-10,16,23H,1H3,(H,22,27)(H,28,29). The molecule has 0 fully saturated rings. The molecule has 1 amide bonds. The fraction of sp³-hybridized carbons (Fsp3) is 0.100. The van der Waals surface area contributed by atoms with Gasteiger partial charge in [-0.1, -0.05) is 46.6 Å². The average Bonchev–Trinajstić information content (AvgIpc) is 3.14. The fourth-order valence-corrected chi connectivity index (χ4v) is 3.13. The highest BCUT2D eigenvalue weighted by Crippen LogP contribution is 2.32. The molecule has 1 aliphatic heterocycles. The van der Waals surface area contributed by atoms with Gasteiger partial charge in [0.15, 0.2) is 11.5 Å². The Kier molecular flexibility index (Phi) is 4.77. The molecule has 0 aliphatic carbocycles. The predicted molar refractivity (Wildman–Crippen MR) is 108 cm³/mol. The number of amides is 1. The minimum absolute atomic E-state index is 0.00334. The van der Waals surface area contributed by atoms with E-state index in [0.29, 0.717) is 10.7 Å². The van der Waals surface area contributed by atoms with Crippen molar-refractivity contribution in [3.05, 3.63) is 82.1 Å². The van der Waals surface area contributed by atoms with Gasteiger partial charge in [0.25, 0.3) is 5.91 Å². The summed E-state index contributed by atoms with van der Waals surface area (Å²) in [5, 5.41) is 23.6. The first kappa shape index (κ1) is 18.7. The topological polar surface area (TPSA) is 109 Å². The average molecular weight is 410 g/mol.